The van der Waals surface area contributed by atoms with E-state index in [-0.39, 0.29) is 11.7 Å². The highest BCUT2D eigenvalue weighted by molar-refractivity contribution is 7.99. The average molecular weight is 385 g/mol. The van der Waals surface area contributed by atoms with Crippen molar-refractivity contribution in [3.8, 4) is 11.5 Å². The molecule has 4 rings (SSSR count). The summed E-state index contributed by atoms with van der Waals surface area (Å²) < 4.78 is 5.68. The molecule has 2 N–H and O–H groups in total. The molecule has 0 aliphatic carbocycles. The Hall–Kier alpha value is -2.77. The Morgan fingerprint density at radius 3 is 2.85 bits per heavy atom. The monoisotopic (exact) mass is 384 g/mol. The molecule has 0 aliphatic heterocycles. The molecule has 2 heterocycles. The summed E-state index contributed by atoms with van der Waals surface area (Å²) >= 11 is 7.20. The number of thioether (sulfide) groups is 1. The summed E-state index contributed by atoms with van der Waals surface area (Å²) in [7, 11) is 0. The highest BCUT2D eigenvalue weighted by Gasteiger charge is 2.14. The lowest BCUT2D eigenvalue weighted by molar-refractivity contribution is -0.113. The average Bonchev–Trinajstić information content (AvgIpc) is 3.28. The van der Waals surface area contributed by atoms with E-state index in [1.54, 1.807) is 24.3 Å². The number of benzene rings is 2. The third-order valence-corrected chi connectivity index (χ3v) is 4.85. The molecular formula is C18H13ClN4O2S. The van der Waals surface area contributed by atoms with Crippen molar-refractivity contribution in [3.05, 3.63) is 59.8 Å². The van der Waals surface area contributed by atoms with Crippen LogP contribution in [0.15, 0.2) is 64.4 Å². The second-order valence-corrected chi connectivity index (χ2v) is 6.77. The molecule has 4 aromatic rings. The number of carbonyl (C=O) groups is 1. The predicted molar refractivity (Wildman–Crippen MR) is 102 cm³/mol. The number of fused-ring (bicyclic) bond motifs is 1. The number of aromatic amines is 1. The molecule has 26 heavy (non-hydrogen) atoms. The number of nitrogens with one attached hydrogen (secondary N) is 2. The summed E-state index contributed by atoms with van der Waals surface area (Å²) in [6.45, 7) is 0. The molecule has 0 saturated heterocycles. The molecule has 0 saturated carbocycles. The van der Waals surface area contributed by atoms with Crippen LogP contribution in [0, 0.1) is 0 Å². The Morgan fingerprint density at radius 2 is 1.96 bits per heavy atom. The summed E-state index contributed by atoms with van der Waals surface area (Å²) in [5.41, 5.74) is 2.40. The van der Waals surface area contributed by atoms with Crippen molar-refractivity contribution in [2.75, 3.05) is 11.1 Å². The minimum absolute atomic E-state index is 0.140. The first-order chi connectivity index (χ1) is 12.7. The van der Waals surface area contributed by atoms with Crippen molar-refractivity contribution < 1.29 is 9.21 Å². The number of H-pyrrole nitrogens is 1. The molecular weight excluding hydrogens is 372 g/mol. The van der Waals surface area contributed by atoms with Crippen LogP contribution in [0.4, 0.5) is 5.69 Å². The summed E-state index contributed by atoms with van der Waals surface area (Å²) in [6, 6.07) is 14.9. The normalized spacial score (nSPS) is 11.0. The zero-order valence-electron chi connectivity index (χ0n) is 13.4. The molecule has 0 radical (unpaired) electrons. The summed E-state index contributed by atoms with van der Waals surface area (Å²) in [5, 5.41) is 12.7. The quantitative estimate of drug-likeness (QED) is 0.491. The Labute approximate surface area is 158 Å². The first-order valence-electron chi connectivity index (χ1n) is 7.78. The molecule has 6 nitrogen and oxygen atoms in total. The topological polar surface area (TPSA) is 83.8 Å². The highest BCUT2D eigenvalue weighted by atomic mass is 35.5. The summed E-state index contributed by atoms with van der Waals surface area (Å²) in [4.78, 5) is 15.2. The van der Waals surface area contributed by atoms with Crippen LogP contribution in [0.1, 0.15) is 0 Å². The van der Waals surface area contributed by atoms with Crippen LogP contribution in [-0.4, -0.2) is 26.8 Å². The maximum atomic E-state index is 12.1. The number of rotatable bonds is 5. The Bertz CT molecular complexity index is 1080. The van der Waals surface area contributed by atoms with Gasteiger partial charge in [-0.3, -0.25) is 4.79 Å². The lowest BCUT2D eigenvalue weighted by Crippen LogP contribution is -2.14. The van der Waals surface area contributed by atoms with Gasteiger partial charge >= 0.3 is 0 Å². The molecule has 0 unspecified atom stereocenters. The van der Waals surface area contributed by atoms with E-state index in [0.717, 1.165) is 16.5 Å². The van der Waals surface area contributed by atoms with Crippen LogP contribution < -0.4 is 5.32 Å². The van der Waals surface area contributed by atoms with E-state index in [4.69, 9.17) is 16.0 Å². The van der Waals surface area contributed by atoms with Crippen LogP contribution >= 0.6 is 23.4 Å². The molecule has 0 bridgehead atoms. The maximum Gasteiger partial charge on any atom is 0.277 e. The van der Waals surface area contributed by atoms with Gasteiger partial charge in [-0.1, -0.05) is 53.7 Å². The SMILES string of the molecule is O=C(CSc1nnc(-c2c[nH]c3ccccc23)o1)Nc1ccccc1Cl. The third-order valence-electron chi connectivity index (χ3n) is 3.70. The van der Waals surface area contributed by atoms with Gasteiger partial charge in [-0.15, -0.1) is 10.2 Å². The minimum atomic E-state index is -0.199. The molecule has 0 aliphatic rings. The van der Waals surface area contributed by atoms with Crippen molar-refractivity contribution in [1.29, 1.82) is 0 Å². The summed E-state index contributed by atoms with van der Waals surface area (Å²) in [6.07, 6.45) is 1.83. The number of amides is 1. The van der Waals surface area contributed by atoms with E-state index in [9.17, 15) is 4.79 Å². The maximum absolute atomic E-state index is 12.1. The van der Waals surface area contributed by atoms with E-state index in [0.29, 0.717) is 21.8 Å². The second kappa shape index (κ2) is 7.23. The number of anilines is 1. The van der Waals surface area contributed by atoms with E-state index in [1.807, 2.05) is 30.5 Å². The standard InChI is InChI=1S/C18H13ClN4O2S/c19-13-6-2-4-8-15(13)21-16(24)10-26-18-23-22-17(25-18)12-9-20-14-7-3-1-5-11(12)14/h1-9,20H,10H2,(H,21,24). The van der Waals surface area contributed by atoms with Crippen molar-refractivity contribution in [1.82, 2.24) is 15.2 Å². The van der Waals surface area contributed by atoms with E-state index in [2.05, 4.69) is 20.5 Å². The van der Waals surface area contributed by atoms with Crippen LogP contribution in [0.5, 0.6) is 0 Å². The fourth-order valence-corrected chi connectivity index (χ4v) is 3.25. The van der Waals surface area contributed by atoms with Crippen molar-refractivity contribution in [2.24, 2.45) is 0 Å². The Morgan fingerprint density at radius 1 is 1.15 bits per heavy atom. The highest BCUT2D eigenvalue weighted by Crippen LogP contribution is 2.29. The van der Waals surface area contributed by atoms with Gasteiger partial charge in [0.25, 0.3) is 11.1 Å². The van der Waals surface area contributed by atoms with E-state index in [1.165, 1.54) is 11.8 Å². The van der Waals surface area contributed by atoms with Crippen LogP contribution in [0.25, 0.3) is 22.4 Å². The number of hydrogen-bond donors (Lipinski definition) is 2. The predicted octanol–water partition coefficient (Wildman–Crippen LogP) is 4.60. The zero-order valence-corrected chi connectivity index (χ0v) is 15.0. The van der Waals surface area contributed by atoms with Crippen molar-refractivity contribution in [3.63, 3.8) is 0 Å². The van der Waals surface area contributed by atoms with E-state index < -0.39 is 0 Å². The number of para-hydroxylation sites is 2. The fraction of sp³-hybridized carbons (Fsp3) is 0.0556. The largest absolute Gasteiger partial charge is 0.411 e. The number of hydrogen-bond acceptors (Lipinski definition) is 5. The third kappa shape index (κ3) is 3.44. The second-order valence-electron chi connectivity index (χ2n) is 5.44. The number of carbonyl (C=O) groups excluding carboxylic acids is 1. The molecule has 0 atom stereocenters. The zero-order chi connectivity index (χ0) is 17.9. The Kier molecular flexibility index (Phi) is 4.64. The molecule has 130 valence electrons. The van der Waals surface area contributed by atoms with Gasteiger partial charge in [0.15, 0.2) is 0 Å². The lowest BCUT2D eigenvalue weighted by Gasteiger charge is -2.05. The van der Waals surface area contributed by atoms with Crippen molar-refractivity contribution in [2.45, 2.75) is 5.22 Å². The number of aromatic nitrogens is 3. The molecule has 0 fully saturated rings. The first kappa shape index (κ1) is 16.7. The molecule has 2 aromatic carbocycles. The molecule has 0 spiro atoms. The van der Waals surface area contributed by atoms with Gasteiger partial charge in [-0.05, 0) is 18.2 Å². The molecule has 8 heteroatoms. The van der Waals surface area contributed by atoms with Gasteiger partial charge < -0.3 is 14.7 Å². The fourth-order valence-electron chi connectivity index (χ4n) is 2.50. The van der Waals surface area contributed by atoms with Gasteiger partial charge in [-0.25, -0.2) is 0 Å². The number of nitrogens with zero attached hydrogens (tertiary/aromatic N) is 2. The van der Waals surface area contributed by atoms with Gasteiger partial charge in [0.1, 0.15) is 0 Å². The van der Waals surface area contributed by atoms with E-state index >= 15 is 0 Å². The van der Waals surface area contributed by atoms with Crippen LogP contribution in [-0.2, 0) is 4.79 Å². The van der Waals surface area contributed by atoms with Gasteiger partial charge in [0, 0.05) is 17.1 Å². The Balaban J connectivity index is 1.42. The lowest BCUT2D eigenvalue weighted by atomic mass is 10.2. The van der Waals surface area contributed by atoms with Crippen LogP contribution in [0.3, 0.4) is 0 Å². The minimum Gasteiger partial charge on any atom is -0.411 e. The van der Waals surface area contributed by atoms with Crippen molar-refractivity contribution >= 4 is 45.9 Å². The van der Waals surface area contributed by atoms with Gasteiger partial charge in [-0.2, -0.15) is 0 Å². The summed E-state index contributed by atoms with van der Waals surface area (Å²) in [5.74, 6) is 0.354. The number of halogens is 1. The first-order valence-corrected chi connectivity index (χ1v) is 9.14. The van der Waals surface area contributed by atoms with Crippen LogP contribution in [0.2, 0.25) is 5.02 Å². The van der Waals surface area contributed by atoms with Gasteiger partial charge in [0.2, 0.25) is 5.91 Å². The molecule has 1 amide bonds. The smallest absolute Gasteiger partial charge is 0.277 e. The van der Waals surface area contributed by atoms with Gasteiger partial charge in [0.05, 0.1) is 22.0 Å². The molecule has 2 aromatic heterocycles.